The molecule has 0 radical (unpaired) electrons. The van der Waals surface area contributed by atoms with Gasteiger partial charge >= 0.3 is 5.97 Å². The second kappa shape index (κ2) is 11.6. The van der Waals surface area contributed by atoms with E-state index in [9.17, 15) is 24.3 Å². The summed E-state index contributed by atoms with van der Waals surface area (Å²) in [6.45, 7) is 1.76. The summed E-state index contributed by atoms with van der Waals surface area (Å²) in [5, 5.41) is 23.5. The molecule has 0 spiro atoms. The van der Waals surface area contributed by atoms with E-state index in [1.54, 1.807) is 0 Å². The molecule has 160 valence electrons. The topological polar surface area (TPSA) is 188 Å². The predicted octanol–water partition coefficient (Wildman–Crippen LogP) is -2.50. The highest BCUT2D eigenvalue weighted by atomic mass is 16.4. The standard InChI is InChI=1S/C17H31N5O6/c1-10(23)14(17(27)28)21-15(25)12-6-4-8-22(12)16(26)11(5-2-3-7-18)20-13(24)9-19/h10-12,14,23H,2-9,18-19H2,1H3,(H,20,24)(H,21,25)(H,27,28). The number of aliphatic hydroxyl groups is 1. The first-order chi connectivity index (χ1) is 13.2. The normalized spacial score (nSPS) is 19.6. The zero-order valence-corrected chi connectivity index (χ0v) is 16.1. The minimum absolute atomic E-state index is 0.265. The van der Waals surface area contributed by atoms with E-state index < -0.39 is 47.9 Å². The van der Waals surface area contributed by atoms with Crippen LogP contribution < -0.4 is 22.1 Å². The van der Waals surface area contributed by atoms with E-state index in [2.05, 4.69) is 10.6 Å². The van der Waals surface area contributed by atoms with Crippen LogP contribution in [-0.4, -0.2) is 82.7 Å². The number of rotatable bonds is 11. The fraction of sp³-hybridized carbons (Fsp3) is 0.765. The third-order valence-corrected chi connectivity index (χ3v) is 4.65. The maximum absolute atomic E-state index is 13.0. The molecule has 0 bridgehead atoms. The number of aliphatic hydroxyl groups excluding tert-OH is 1. The van der Waals surface area contributed by atoms with Gasteiger partial charge in [-0.05, 0) is 45.6 Å². The molecule has 1 aliphatic heterocycles. The Hall–Kier alpha value is -2.24. The van der Waals surface area contributed by atoms with Crippen molar-refractivity contribution in [2.75, 3.05) is 19.6 Å². The zero-order valence-electron chi connectivity index (χ0n) is 16.1. The molecule has 1 aliphatic rings. The van der Waals surface area contributed by atoms with Gasteiger partial charge in [0.1, 0.15) is 12.1 Å². The molecule has 1 rings (SSSR count). The molecule has 11 nitrogen and oxygen atoms in total. The Morgan fingerprint density at radius 1 is 1.18 bits per heavy atom. The van der Waals surface area contributed by atoms with Crippen molar-refractivity contribution in [3.05, 3.63) is 0 Å². The summed E-state index contributed by atoms with van der Waals surface area (Å²) < 4.78 is 0. The van der Waals surface area contributed by atoms with Crippen LogP contribution in [-0.2, 0) is 19.2 Å². The number of unbranched alkanes of at least 4 members (excludes halogenated alkanes) is 1. The molecule has 3 amide bonds. The van der Waals surface area contributed by atoms with Gasteiger partial charge < -0.3 is 37.2 Å². The number of carboxylic acid groups (broad SMARTS) is 1. The average Bonchev–Trinajstić information content (AvgIpc) is 3.13. The molecule has 4 unspecified atom stereocenters. The van der Waals surface area contributed by atoms with Crippen LogP contribution in [0.3, 0.4) is 0 Å². The SMILES string of the molecule is CC(O)C(NC(=O)C1CCCN1C(=O)C(CCCCN)NC(=O)CN)C(=O)O. The quantitative estimate of drug-likeness (QED) is 0.205. The Labute approximate surface area is 163 Å². The minimum Gasteiger partial charge on any atom is -0.480 e. The van der Waals surface area contributed by atoms with E-state index in [0.717, 1.165) is 0 Å². The van der Waals surface area contributed by atoms with Gasteiger partial charge in [0.2, 0.25) is 17.7 Å². The molecule has 11 heteroatoms. The molecular weight excluding hydrogens is 370 g/mol. The lowest BCUT2D eigenvalue weighted by atomic mass is 10.1. The summed E-state index contributed by atoms with van der Waals surface area (Å²) in [7, 11) is 0. The van der Waals surface area contributed by atoms with Gasteiger partial charge in [-0.1, -0.05) is 0 Å². The smallest absolute Gasteiger partial charge is 0.328 e. The van der Waals surface area contributed by atoms with E-state index >= 15 is 0 Å². The first-order valence-electron chi connectivity index (χ1n) is 9.44. The van der Waals surface area contributed by atoms with Gasteiger partial charge in [-0.3, -0.25) is 14.4 Å². The van der Waals surface area contributed by atoms with Gasteiger partial charge in [-0.15, -0.1) is 0 Å². The largest absolute Gasteiger partial charge is 0.480 e. The molecule has 0 saturated carbocycles. The van der Waals surface area contributed by atoms with Crippen molar-refractivity contribution in [3.8, 4) is 0 Å². The molecule has 28 heavy (non-hydrogen) atoms. The Morgan fingerprint density at radius 2 is 1.86 bits per heavy atom. The number of aliphatic carboxylic acids is 1. The molecule has 0 aromatic carbocycles. The van der Waals surface area contributed by atoms with Crippen molar-refractivity contribution in [2.24, 2.45) is 11.5 Å². The van der Waals surface area contributed by atoms with Crippen molar-refractivity contribution in [1.82, 2.24) is 15.5 Å². The molecular formula is C17H31N5O6. The third kappa shape index (κ3) is 6.73. The van der Waals surface area contributed by atoms with Crippen molar-refractivity contribution in [2.45, 2.75) is 63.3 Å². The Bertz CT molecular complexity index is 570. The van der Waals surface area contributed by atoms with Crippen molar-refractivity contribution < 1.29 is 29.4 Å². The first-order valence-corrected chi connectivity index (χ1v) is 9.44. The summed E-state index contributed by atoms with van der Waals surface area (Å²) in [4.78, 5) is 49.7. The number of carboxylic acids is 1. The van der Waals surface area contributed by atoms with Gasteiger partial charge in [0.05, 0.1) is 12.6 Å². The van der Waals surface area contributed by atoms with Crippen LogP contribution >= 0.6 is 0 Å². The van der Waals surface area contributed by atoms with Crippen LogP contribution in [0.4, 0.5) is 0 Å². The van der Waals surface area contributed by atoms with Gasteiger partial charge in [0.15, 0.2) is 6.04 Å². The number of amides is 3. The van der Waals surface area contributed by atoms with E-state index in [0.29, 0.717) is 45.2 Å². The maximum Gasteiger partial charge on any atom is 0.328 e. The van der Waals surface area contributed by atoms with Crippen molar-refractivity contribution in [3.63, 3.8) is 0 Å². The number of nitrogens with one attached hydrogen (secondary N) is 2. The molecule has 1 heterocycles. The number of nitrogens with zero attached hydrogens (tertiary/aromatic N) is 1. The lowest BCUT2D eigenvalue weighted by Gasteiger charge is -2.29. The Balaban J connectivity index is 2.87. The van der Waals surface area contributed by atoms with Crippen molar-refractivity contribution in [1.29, 1.82) is 0 Å². The highest BCUT2D eigenvalue weighted by Gasteiger charge is 2.39. The maximum atomic E-state index is 13.0. The monoisotopic (exact) mass is 401 g/mol. The van der Waals surface area contributed by atoms with Crippen LogP contribution in [0.5, 0.6) is 0 Å². The Kier molecular flexibility index (Phi) is 9.83. The molecule has 0 aromatic heterocycles. The second-order valence-electron chi connectivity index (χ2n) is 6.86. The summed E-state index contributed by atoms with van der Waals surface area (Å²) in [5.41, 5.74) is 10.8. The fourth-order valence-corrected chi connectivity index (χ4v) is 3.14. The van der Waals surface area contributed by atoms with Gasteiger partial charge in [-0.25, -0.2) is 4.79 Å². The number of nitrogens with two attached hydrogens (primary N) is 2. The summed E-state index contributed by atoms with van der Waals surface area (Å²) in [6.07, 6.45) is 1.30. The average molecular weight is 401 g/mol. The van der Waals surface area contributed by atoms with Crippen LogP contribution in [0.25, 0.3) is 0 Å². The molecule has 0 aromatic rings. The van der Waals surface area contributed by atoms with Gasteiger partial charge in [0, 0.05) is 6.54 Å². The molecule has 1 saturated heterocycles. The van der Waals surface area contributed by atoms with Gasteiger partial charge in [-0.2, -0.15) is 0 Å². The second-order valence-corrected chi connectivity index (χ2v) is 6.86. The lowest BCUT2D eigenvalue weighted by molar-refractivity contribution is -0.147. The Morgan fingerprint density at radius 3 is 2.39 bits per heavy atom. The van der Waals surface area contributed by atoms with Crippen LogP contribution in [0.1, 0.15) is 39.0 Å². The number of hydrogen-bond acceptors (Lipinski definition) is 7. The highest BCUT2D eigenvalue weighted by molar-refractivity contribution is 5.94. The van der Waals surface area contributed by atoms with E-state index in [4.69, 9.17) is 16.6 Å². The summed E-state index contributed by atoms with van der Waals surface area (Å²) >= 11 is 0. The third-order valence-electron chi connectivity index (χ3n) is 4.65. The molecule has 0 aliphatic carbocycles. The molecule has 1 fully saturated rings. The van der Waals surface area contributed by atoms with Crippen LogP contribution in [0.2, 0.25) is 0 Å². The van der Waals surface area contributed by atoms with Crippen molar-refractivity contribution >= 4 is 23.7 Å². The summed E-state index contributed by atoms with van der Waals surface area (Å²) in [6, 6.07) is -3.16. The number of likely N-dealkylation sites (tertiary alicyclic amines) is 1. The number of carbonyl (C=O) groups excluding carboxylic acids is 3. The predicted molar refractivity (Wildman–Crippen MR) is 99.9 cm³/mol. The summed E-state index contributed by atoms with van der Waals surface area (Å²) in [5.74, 6) is -2.91. The van der Waals surface area contributed by atoms with E-state index in [-0.39, 0.29) is 6.54 Å². The number of hydrogen-bond donors (Lipinski definition) is 6. The molecule has 4 atom stereocenters. The number of carbonyl (C=O) groups is 4. The first kappa shape index (κ1) is 23.8. The lowest BCUT2D eigenvalue weighted by Crippen LogP contribution is -2.57. The zero-order chi connectivity index (χ0) is 21.3. The van der Waals surface area contributed by atoms with Crippen LogP contribution in [0, 0.1) is 0 Å². The fourth-order valence-electron chi connectivity index (χ4n) is 3.14. The molecule has 8 N–H and O–H groups in total. The van der Waals surface area contributed by atoms with Gasteiger partial charge in [0.25, 0.3) is 0 Å². The van der Waals surface area contributed by atoms with E-state index in [1.807, 2.05) is 0 Å². The minimum atomic E-state index is -1.47. The highest BCUT2D eigenvalue weighted by Crippen LogP contribution is 2.20. The van der Waals surface area contributed by atoms with E-state index in [1.165, 1.54) is 11.8 Å². The van der Waals surface area contributed by atoms with Crippen LogP contribution in [0.15, 0.2) is 0 Å².